The third-order valence-electron chi connectivity index (χ3n) is 2.57. The maximum atomic E-state index is 4.48. The van der Waals surface area contributed by atoms with Crippen molar-refractivity contribution < 1.29 is 0 Å². The van der Waals surface area contributed by atoms with Crippen LogP contribution in [0.3, 0.4) is 0 Å². The van der Waals surface area contributed by atoms with Gasteiger partial charge in [0.05, 0.1) is 0 Å². The first-order valence-corrected chi connectivity index (χ1v) is 7.83. The maximum Gasteiger partial charge on any atom is 0.103 e. The average molecular weight is 258 g/mol. The van der Waals surface area contributed by atoms with E-state index < -0.39 is 0 Å². The first kappa shape index (κ1) is 14.0. The number of thioether (sulfide) groups is 1. The highest BCUT2D eigenvalue weighted by atomic mass is 32.2. The summed E-state index contributed by atoms with van der Waals surface area (Å²) in [6.45, 7) is 9.86. The zero-order valence-corrected chi connectivity index (χ0v) is 12.3. The fourth-order valence-electron chi connectivity index (χ4n) is 1.33. The summed E-state index contributed by atoms with van der Waals surface area (Å²) in [6, 6.07) is 0.435. The Balaban J connectivity index is 2.45. The molecule has 2 atom stereocenters. The van der Waals surface area contributed by atoms with Crippen LogP contribution in [0.5, 0.6) is 0 Å². The molecule has 0 saturated heterocycles. The highest BCUT2D eigenvalue weighted by molar-refractivity contribution is 7.99. The third-order valence-corrected chi connectivity index (χ3v) is 5.28. The molecule has 0 amide bonds. The van der Waals surface area contributed by atoms with Crippen molar-refractivity contribution in [1.29, 1.82) is 0 Å². The summed E-state index contributed by atoms with van der Waals surface area (Å²) in [7, 11) is 0. The number of hydrogen-bond donors (Lipinski definition) is 1. The SMILES string of the molecule is CCNC(C)c1cnc(CSC(C)CC)s1. The molecule has 1 rings (SSSR count). The molecular weight excluding hydrogens is 236 g/mol. The second-order valence-electron chi connectivity index (χ2n) is 3.97. The van der Waals surface area contributed by atoms with E-state index in [0.29, 0.717) is 6.04 Å². The Labute approximate surface area is 107 Å². The second kappa shape index (κ2) is 7.30. The van der Waals surface area contributed by atoms with E-state index in [1.807, 2.05) is 29.3 Å². The molecule has 16 heavy (non-hydrogen) atoms. The molecule has 0 aromatic carbocycles. The molecule has 0 bridgehead atoms. The average Bonchev–Trinajstić information content (AvgIpc) is 2.75. The summed E-state index contributed by atoms with van der Waals surface area (Å²) >= 11 is 3.83. The molecule has 0 radical (unpaired) electrons. The molecule has 1 N–H and O–H groups in total. The van der Waals surface area contributed by atoms with Crippen LogP contribution in [0, 0.1) is 0 Å². The molecule has 92 valence electrons. The molecule has 1 heterocycles. The van der Waals surface area contributed by atoms with Crippen molar-refractivity contribution in [3.63, 3.8) is 0 Å². The monoisotopic (exact) mass is 258 g/mol. The van der Waals surface area contributed by atoms with Gasteiger partial charge >= 0.3 is 0 Å². The van der Waals surface area contributed by atoms with Crippen LogP contribution in [-0.4, -0.2) is 16.8 Å². The lowest BCUT2D eigenvalue weighted by atomic mass is 10.3. The topological polar surface area (TPSA) is 24.9 Å². The lowest BCUT2D eigenvalue weighted by Gasteiger charge is -2.08. The first-order valence-electron chi connectivity index (χ1n) is 5.96. The van der Waals surface area contributed by atoms with Crippen molar-refractivity contribution in [2.45, 2.75) is 51.2 Å². The molecule has 2 unspecified atom stereocenters. The van der Waals surface area contributed by atoms with E-state index in [9.17, 15) is 0 Å². The Bertz CT molecular complexity index is 299. The van der Waals surface area contributed by atoms with E-state index in [0.717, 1.165) is 17.5 Å². The van der Waals surface area contributed by atoms with Crippen LogP contribution in [0.2, 0.25) is 0 Å². The minimum absolute atomic E-state index is 0.435. The van der Waals surface area contributed by atoms with E-state index in [1.165, 1.54) is 16.3 Å². The first-order chi connectivity index (χ1) is 7.67. The number of rotatable bonds is 7. The van der Waals surface area contributed by atoms with Crippen molar-refractivity contribution >= 4 is 23.1 Å². The van der Waals surface area contributed by atoms with Gasteiger partial charge in [-0.2, -0.15) is 11.8 Å². The van der Waals surface area contributed by atoms with Gasteiger partial charge in [-0.05, 0) is 19.9 Å². The maximum absolute atomic E-state index is 4.48. The van der Waals surface area contributed by atoms with Crippen LogP contribution in [0.25, 0.3) is 0 Å². The molecule has 0 aliphatic heterocycles. The van der Waals surface area contributed by atoms with Crippen molar-refractivity contribution in [2.75, 3.05) is 6.54 Å². The lowest BCUT2D eigenvalue weighted by Crippen LogP contribution is -2.16. The summed E-state index contributed by atoms with van der Waals surface area (Å²) in [4.78, 5) is 5.83. The predicted octanol–water partition coefficient (Wildman–Crippen LogP) is 3.85. The number of nitrogens with zero attached hydrogens (tertiary/aromatic N) is 1. The molecule has 1 aromatic heterocycles. The minimum Gasteiger partial charge on any atom is -0.310 e. The molecule has 0 saturated carbocycles. The normalized spacial score (nSPS) is 15.0. The van der Waals surface area contributed by atoms with E-state index >= 15 is 0 Å². The number of nitrogens with one attached hydrogen (secondary N) is 1. The fourth-order valence-corrected chi connectivity index (χ4v) is 3.25. The standard InChI is InChI=1S/C12H22N2S2/c1-5-9(3)15-8-12-14-7-11(16-12)10(4)13-6-2/h7,9-10,13H,5-6,8H2,1-4H3. The van der Waals surface area contributed by atoms with E-state index in [1.54, 1.807) is 0 Å². The molecule has 0 aliphatic rings. The van der Waals surface area contributed by atoms with Gasteiger partial charge in [0.15, 0.2) is 0 Å². The van der Waals surface area contributed by atoms with Gasteiger partial charge in [0.2, 0.25) is 0 Å². The van der Waals surface area contributed by atoms with Gasteiger partial charge in [-0.1, -0.05) is 20.8 Å². The summed E-state index contributed by atoms with van der Waals surface area (Å²) in [6.07, 6.45) is 3.25. The highest BCUT2D eigenvalue weighted by Crippen LogP contribution is 2.26. The van der Waals surface area contributed by atoms with Crippen LogP contribution in [0.1, 0.15) is 50.0 Å². The van der Waals surface area contributed by atoms with Gasteiger partial charge in [0, 0.05) is 28.1 Å². The summed E-state index contributed by atoms with van der Waals surface area (Å²) in [5.74, 6) is 1.05. The minimum atomic E-state index is 0.435. The van der Waals surface area contributed by atoms with Crippen molar-refractivity contribution in [3.8, 4) is 0 Å². The smallest absolute Gasteiger partial charge is 0.103 e. The van der Waals surface area contributed by atoms with Gasteiger partial charge in [-0.3, -0.25) is 0 Å². The molecule has 2 nitrogen and oxygen atoms in total. The van der Waals surface area contributed by atoms with Gasteiger partial charge in [0.1, 0.15) is 5.01 Å². The Morgan fingerprint density at radius 3 is 2.81 bits per heavy atom. The quantitative estimate of drug-likeness (QED) is 0.804. The molecule has 4 heteroatoms. The van der Waals surface area contributed by atoms with Crippen LogP contribution in [0.4, 0.5) is 0 Å². The Kier molecular flexibility index (Phi) is 6.39. The Morgan fingerprint density at radius 2 is 2.19 bits per heavy atom. The number of hydrogen-bond acceptors (Lipinski definition) is 4. The van der Waals surface area contributed by atoms with E-state index in [-0.39, 0.29) is 0 Å². The van der Waals surface area contributed by atoms with Gasteiger partial charge in [0.25, 0.3) is 0 Å². The zero-order valence-electron chi connectivity index (χ0n) is 10.6. The third kappa shape index (κ3) is 4.44. The van der Waals surface area contributed by atoms with Gasteiger partial charge in [-0.15, -0.1) is 11.3 Å². The van der Waals surface area contributed by atoms with Crippen LogP contribution >= 0.6 is 23.1 Å². The molecular formula is C12H22N2S2. The Hall–Kier alpha value is -0.0600. The molecule has 0 spiro atoms. The second-order valence-corrected chi connectivity index (χ2v) is 6.54. The summed E-state index contributed by atoms with van der Waals surface area (Å²) in [5.41, 5.74) is 0. The highest BCUT2D eigenvalue weighted by Gasteiger charge is 2.09. The molecule has 0 aliphatic carbocycles. The van der Waals surface area contributed by atoms with Crippen LogP contribution in [0.15, 0.2) is 6.20 Å². The van der Waals surface area contributed by atoms with Gasteiger partial charge < -0.3 is 5.32 Å². The predicted molar refractivity (Wildman–Crippen MR) is 75.3 cm³/mol. The summed E-state index contributed by atoms with van der Waals surface area (Å²) in [5, 5.41) is 5.40. The largest absolute Gasteiger partial charge is 0.310 e. The Morgan fingerprint density at radius 1 is 1.44 bits per heavy atom. The van der Waals surface area contributed by atoms with E-state index in [2.05, 4.69) is 38.0 Å². The van der Waals surface area contributed by atoms with Crippen LogP contribution < -0.4 is 5.32 Å². The van der Waals surface area contributed by atoms with Crippen LogP contribution in [-0.2, 0) is 5.75 Å². The van der Waals surface area contributed by atoms with Crippen molar-refractivity contribution in [1.82, 2.24) is 10.3 Å². The zero-order chi connectivity index (χ0) is 12.0. The van der Waals surface area contributed by atoms with Gasteiger partial charge in [-0.25, -0.2) is 4.98 Å². The van der Waals surface area contributed by atoms with E-state index in [4.69, 9.17) is 0 Å². The molecule has 0 fully saturated rings. The fraction of sp³-hybridized carbons (Fsp3) is 0.750. The summed E-state index contributed by atoms with van der Waals surface area (Å²) < 4.78 is 0. The lowest BCUT2D eigenvalue weighted by molar-refractivity contribution is 0.606. The molecule has 1 aromatic rings. The number of aromatic nitrogens is 1. The van der Waals surface area contributed by atoms with Crippen molar-refractivity contribution in [2.24, 2.45) is 0 Å². The van der Waals surface area contributed by atoms with Crippen molar-refractivity contribution in [3.05, 3.63) is 16.1 Å². The number of thiazole rings is 1.